The average molecular weight is 1410 g/mol. The molecule has 6 rings (SSSR count). The quantitative estimate of drug-likeness (QED) is 0.0172. The molecule has 99 heavy (non-hydrogen) atoms. The van der Waals surface area contributed by atoms with Crippen LogP contribution in [0.1, 0.15) is 202 Å². The Labute approximate surface area is 651 Å². The number of carbonyl (C=O) groups excluding carboxylic acids is 12. The zero-order valence-electron chi connectivity index (χ0n) is 60.9. The van der Waals surface area contributed by atoms with Crippen LogP contribution in [0.25, 0.3) is 0 Å². The molecule has 2 aliphatic heterocycles. The summed E-state index contributed by atoms with van der Waals surface area (Å²) in [7, 11) is 0. The number of cyclic esters (lactones) is 4. The molecule has 4 aromatic carbocycles. The predicted molar refractivity (Wildman–Crippen MR) is 355 cm³/mol. The van der Waals surface area contributed by atoms with Crippen molar-refractivity contribution in [2.24, 2.45) is 69.0 Å². The Bertz CT molecular complexity index is 3240. The van der Waals surface area contributed by atoms with Crippen molar-refractivity contribution in [3.8, 4) is 11.5 Å². The van der Waals surface area contributed by atoms with Crippen molar-refractivity contribution in [2.45, 2.75) is 164 Å². The summed E-state index contributed by atoms with van der Waals surface area (Å²) in [6.45, 7) is 32.6. The third-order valence-electron chi connectivity index (χ3n) is 17.5. The number of phenolic OH excluding ortho intramolecular Hbond substituents is 1. The Morgan fingerprint density at radius 3 is 1.12 bits per heavy atom. The van der Waals surface area contributed by atoms with Gasteiger partial charge >= 0.3 is 124 Å². The van der Waals surface area contributed by atoms with Crippen LogP contribution in [-0.4, -0.2) is 99.8 Å². The Balaban J connectivity index is -0.000000873. The zero-order valence-corrected chi connectivity index (χ0v) is 66.9. The largest absolute Gasteiger partial charge is 1.00 e. The average Bonchev–Trinajstić information content (AvgIpc) is 1.75. The summed E-state index contributed by atoms with van der Waals surface area (Å²) in [5, 5.41) is 42.7. The van der Waals surface area contributed by atoms with Crippen LogP contribution in [0.15, 0.2) is 97.1 Å². The van der Waals surface area contributed by atoms with Crippen LogP contribution in [0, 0.1) is 89.8 Å². The van der Waals surface area contributed by atoms with Gasteiger partial charge in [-0.3, -0.25) is 47.9 Å². The number of phenols is 1. The molecule has 0 amide bonds. The van der Waals surface area contributed by atoms with E-state index in [1.165, 1.54) is 76.2 Å². The number of aliphatic carboxylic acids is 2. The number of hydrogen-bond donors (Lipinski definition) is 2. The van der Waals surface area contributed by atoms with Crippen molar-refractivity contribution in [3.05, 3.63) is 137 Å². The number of Topliss-reactive ketones (excluding diaryl/α,β-unsaturated/α-hetero) is 4. The minimum absolute atomic E-state index is 0. The summed E-state index contributed by atoms with van der Waals surface area (Å²) in [5.41, 5.74) is -0.328. The number of aliphatic hydroxyl groups excluding tert-OH is 1. The van der Waals surface area contributed by atoms with Gasteiger partial charge in [-0.15, -0.1) is 0 Å². The molecular formula is C75H100Na3O21-. The van der Waals surface area contributed by atoms with Crippen molar-refractivity contribution in [3.63, 3.8) is 0 Å². The fourth-order valence-corrected chi connectivity index (χ4v) is 11.7. The Morgan fingerprint density at radius 1 is 0.505 bits per heavy atom. The van der Waals surface area contributed by atoms with Gasteiger partial charge in [-0.25, -0.2) is 0 Å². The number of carbonyl (C=O) groups is 12. The van der Waals surface area contributed by atoms with Crippen LogP contribution in [0.3, 0.4) is 0 Å². The molecule has 0 spiro atoms. The number of carboxylic acid groups (broad SMARTS) is 2. The molecule has 24 heteroatoms. The summed E-state index contributed by atoms with van der Waals surface area (Å²) in [4.78, 5) is 151. The SMILES string of the molecule is C.CCC(C)(C)C1C(=O)OC(=O)C1C.CCO.CCOC(=O)C(C(CC(C)(C)C1C(=O)OC(=O)C1C)C(=O)[O-])C(C)(C)CC(C(=O)[O-])C(C(=O)Oc1ccc(C(=O)CC(=O)c2ccc(C)cc2)cc1)C(C)(C)CC.Cc1ccc(C(=O)CC(=O)c2ccc(O)cc2)cc1.[CH2-]C.[Na+].[Na+].[Na+].[OH-]. The molecule has 21 nitrogen and oxygen atoms in total. The summed E-state index contributed by atoms with van der Waals surface area (Å²) in [6.07, 6.45) is -0.175. The number of ketones is 4. The van der Waals surface area contributed by atoms with Crippen molar-refractivity contribution in [1.29, 1.82) is 0 Å². The van der Waals surface area contributed by atoms with Crippen LogP contribution < -0.4 is 104 Å². The number of carboxylic acids is 2. The number of rotatable bonds is 26. The van der Waals surface area contributed by atoms with E-state index >= 15 is 0 Å². The van der Waals surface area contributed by atoms with Gasteiger partial charge in [0.2, 0.25) is 0 Å². The van der Waals surface area contributed by atoms with Crippen molar-refractivity contribution < 1.29 is 191 Å². The van der Waals surface area contributed by atoms with Crippen molar-refractivity contribution >= 4 is 70.9 Å². The zero-order chi connectivity index (χ0) is 72.0. The smallest absolute Gasteiger partial charge is 0.870 e. The van der Waals surface area contributed by atoms with E-state index in [0.717, 1.165) is 17.5 Å². The molecule has 0 bridgehead atoms. The van der Waals surface area contributed by atoms with E-state index in [9.17, 15) is 67.7 Å². The Hall–Kier alpha value is -5.56. The van der Waals surface area contributed by atoms with Gasteiger partial charge < -0.3 is 61.4 Å². The molecule has 2 aliphatic rings. The normalized spacial score (nSPS) is 16.5. The maximum absolute atomic E-state index is 14.1. The number of ether oxygens (including phenoxy) is 4. The predicted octanol–water partition coefficient (Wildman–Crippen LogP) is 1.71. The molecule has 8 unspecified atom stereocenters. The Kier molecular flexibility index (Phi) is 45.8. The molecule has 530 valence electrons. The van der Waals surface area contributed by atoms with Gasteiger partial charge in [0.25, 0.3) is 0 Å². The number of aliphatic hydroxyl groups is 1. The molecule has 0 saturated carbocycles. The van der Waals surface area contributed by atoms with E-state index in [0.29, 0.717) is 23.1 Å². The first kappa shape index (κ1) is 99.8. The van der Waals surface area contributed by atoms with Crippen molar-refractivity contribution in [2.75, 3.05) is 13.2 Å². The van der Waals surface area contributed by atoms with Gasteiger partial charge in [0.15, 0.2) is 23.1 Å². The summed E-state index contributed by atoms with van der Waals surface area (Å²) in [6, 6.07) is 25.3. The molecule has 0 aliphatic carbocycles. The molecule has 0 radical (unpaired) electrons. The number of aromatic hydroxyl groups is 1. The van der Waals surface area contributed by atoms with Gasteiger partial charge in [-0.2, -0.15) is 6.92 Å². The third-order valence-corrected chi connectivity index (χ3v) is 17.5. The number of esters is 6. The number of benzene rings is 4. The molecule has 3 N–H and O–H groups in total. The van der Waals surface area contributed by atoms with E-state index in [2.05, 4.69) is 11.7 Å². The first-order chi connectivity index (χ1) is 43.7. The van der Waals surface area contributed by atoms with Gasteiger partial charge in [-0.1, -0.05) is 163 Å². The molecule has 4 aromatic rings. The Morgan fingerprint density at radius 2 is 0.818 bits per heavy atom. The first-order valence-electron chi connectivity index (χ1n) is 31.5. The van der Waals surface area contributed by atoms with Crippen LogP contribution in [0.2, 0.25) is 0 Å². The van der Waals surface area contributed by atoms with E-state index in [1.807, 2.05) is 46.8 Å². The molecule has 0 aromatic heterocycles. The fourth-order valence-electron chi connectivity index (χ4n) is 11.7. The minimum Gasteiger partial charge on any atom is -0.870 e. The second-order valence-corrected chi connectivity index (χ2v) is 26.2. The molecule has 8 atom stereocenters. The second kappa shape index (κ2) is 45.4. The summed E-state index contributed by atoms with van der Waals surface area (Å²) < 4.78 is 20.5. The van der Waals surface area contributed by atoms with Crippen LogP contribution in [0.4, 0.5) is 0 Å². The van der Waals surface area contributed by atoms with Gasteiger partial charge in [0.1, 0.15) is 11.5 Å². The standard InChI is InChI=1S/C44H56O13.C16H14O3.C10H16O3.C2H6O.C2H5.CH4.3Na.H2O/c1-11-42(5,6)35(41(54)56-28-19-17-27(18-20-28)32(46)21-31(45)26-15-13-24(3)14-16-26)30(37(49)50)23-44(9,10)34(39(52)55-12-2)29(36(47)48)22-43(7,8)33-25(4)38(51)57-40(33)53;1-11-2-4-12(5-3-11)15(18)10-16(19)13-6-8-14(17)9-7-13;1-5-10(3,4)7-6(2)8(11)13-9(7)12;1-2-3;1-2;;;;;/h13-20,25,29-30,33-35H,11-12,21-23H2,1-10H3,(H,47,48)(H,49,50);2-9,17H,10H2,1H3;6-7H,5H2,1-4H3;3H,2H2,1H3;1H2,2H3;1H4;;;;1H2/q;;;;-1;;3*+1;/p-3. The van der Waals surface area contributed by atoms with Crippen LogP contribution in [0.5, 0.6) is 11.5 Å². The monoisotopic (exact) mass is 1410 g/mol. The van der Waals surface area contributed by atoms with Crippen LogP contribution >= 0.6 is 0 Å². The summed E-state index contributed by atoms with van der Waals surface area (Å²) >= 11 is 0. The first-order valence-corrected chi connectivity index (χ1v) is 31.5. The van der Waals surface area contributed by atoms with Crippen LogP contribution in [-0.2, 0) is 52.6 Å². The van der Waals surface area contributed by atoms with E-state index < -0.39 is 99.8 Å². The second-order valence-electron chi connectivity index (χ2n) is 26.2. The molecule has 2 heterocycles. The van der Waals surface area contributed by atoms with E-state index in [-0.39, 0.29) is 198 Å². The van der Waals surface area contributed by atoms with E-state index in [1.54, 1.807) is 91.8 Å². The van der Waals surface area contributed by atoms with Gasteiger partial charge in [0, 0.05) is 52.6 Å². The van der Waals surface area contributed by atoms with E-state index in [4.69, 9.17) is 24.4 Å². The fraction of sp³-hybridized carbons (Fsp3) is 0.507. The minimum atomic E-state index is -1.66. The van der Waals surface area contributed by atoms with Gasteiger partial charge in [-0.05, 0) is 111 Å². The van der Waals surface area contributed by atoms with Gasteiger partial charge in [0.05, 0.1) is 55.0 Å². The molecule has 2 fully saturated rings. The topological polar surface area (TPSA) is 358 Å². The summed E-state index contributed by atoms with van der Waals surface area (Å²) in [5.74, 6) is -17.3. The number of aryl methyl sites for hydroxylation is 2. The van der Waals surface area contributed by atoms with Crippen molar-refractivity contribution in [1.82, 2.24) is 0 Å². The number of hydrogen-bond acceptors (Lipinski definition) is 21. The third kappa shape index (κ3) is 29.0. The maximum atomic E-state index is 14.1. The molecular weight excluding hydrogens is 1310 g/mol. The maximum Gasteiger partial charge on any atom is 1.00 e. The molecule has 2 saturated heterocycles.